The van der Waals surface area contributed by atoms with Gasteiger partial charge in [-0.05, 0) is 25.7 Å². The summed E-state index contributed by atoms with van der Waals surface area (Å²) in [5.41, 5.74) is 0. The van der Waals surface area contributed by atoms with Crippen LogP contribution in [0.2, 0.25) is 0 Å². The summed E-state index contributed by atoms with van der Waals surface area (Å²) in [5.74, 6) is 0. The van der Waals surface area contributed by atoms with Gasteiger partial charge in [-0.3, -0.25) is 10.6 Å². The van der Waals surface area contributed by atoms with Crippen molar-refractivity contribution in [3.05, 3.63) is 0 Å². The lowest BCUT2D eigenvalue weighted by Crippen LogP contribution is -2.36. The summed E-state index contributed by atoms with van der Waals surface area (Å²) in [6.07, 6.45) is 10.6. The predicted octanol–water partition coefficient (Wildman–Crippen LogP) is 1.37. The highest BCUT2D eigenvalue weighted by molar-refractivity contribution is 4.95. The van der Waals surface area contributed by atoms with Crippen molar-refractivity contribution in [2.24, 2.45) is 0 Å². The number of aliphatic hydroxyl groups is 1. The average Bonchev–Trinajstić information content (AvgIpc) is 2.67. The van der Waals surface area contributed by atoms with Crippen LogP contribution in [0.1, 0.15) is 51.4 Å². The van der Waals surface area contributed by atoms with Crippen molar-refractivity contribution in [2.75, 3.05) is 6.61 Å². The van der Waals surface area contributed by atoms with Gasteiger partial charge in [0, 0.05) is 18.7 Å². The van der Waals surface area contributed by atoms with Crippen molar-refractivity contribution in [3.63, 3.8) is 0 Å². The van der Waals surface area contributed by atoms with E-state index >= 15 is 0 Å². The van der Waals surface area contributed by atoms with Crippen molar-refractivity contribution >= 4 is 0 Å². The van der Waals surface area contributed by atoms with E-state index in [1.165, 1.54) is 38.5 Å². The van der Waals surface area contributed by atoms with Gasteiger partial charge in [-0.2, -0.15) is 0 Å². The molecule has 15 heavy (non-hydrogen) atoms. The van der Waals surface area contributed by atoms with E-state index in [0.717, 1.165) is 24.9 Å². The third-order valence-electron chi connectivity index (χ3n) is 3.75. The molecule has 1 saturated heterocycles. The summed E-state index contributed by atoms with van der Waals surface area (Å²) in [6.45, 7) is 0.344. The molecule has 0 radical (unpaired) electrons. The Morgan fingerprint density at radius 2 is 1.60 bits per heavy atom. The molecule has 3 N–H and O–H groups in total. The number of hydrogen-bond acceptors (Lipinski definition) is 3. The molecule has 0 bridgehead atoms. The minimum Gasteiger partial charge on any atom is -0.396 e. The lowest BCUT2D eigenvalue weighted by atomic mass is 9.92. The molecule has 1 heterocycles. The average molecular weight is 212 g/mol. The molecule has 2 fully saturated rings. The Labute approximate surface area is 92.6 Å². The van der Waals surface area contributed by atoms with Crippen molar-refractivity contribution in [1.29, 1.82) is 0 Å². The highest BCUT2D eigenvalue weighted by Crippen LogP contribution is 2.23. The first kappa shape index (κ1) is 11.4. The lowest BCUT2D eigenvalue weighted by Gasteiger charge is -2.23. The molecule has 1 saturated carbocycles. The van der Waals surface area contributed by atoms with E-state index < -0.39 is 0 Å². The van der Waals surface area contributed by atoms with Gasteiger partial charge in [0.05, 0.1) is 6.17 Å². The Kier molecular flexibility index (Phi) is 4.42. The summed E-state index contributed by atoms with van der Waals surface area (Å²) >= 11 is 0. The Morgan fingerprint density at radius 3 is 2.20 bits per heavy atom. The van der Waals surface area contributed by atoms with Gasteiger partial charge in [0.1, 0.15) is 0 Å². The monoisotopic (exact) mass is 212 g/mol. The molecule has 3 nitrogen and oxygen atoms in total. The standard InChI is InChI=1S/C12H24N2O/c15-9-5-1-2-8-12-13-10-6-3-4-7-11(10)14-12/h10-15H,1-9H2. The quantitative estimate of drug-likeness (QED) is 0.603. The maximum absolute atomic E-state index is 8.70. The molecule has 2 unspecified atom stereocenters. The number of aliphatic hydroxyl groups excluding tert-OH is 1. The molecule has 1 aliphatic heterocycles. The Bertz CT molecular complexity index is 172. The number of fused-ring (bicyclic) bond motifs is 1. The highest BCUT2D eigenvalue weighted by atomic mass is 16.2. The minimum absolute atomic E-state index is 0.344. The van der Waals surface area contributed by atoms with Crippen LogP contribution in [0, 0.1) is 0 Å². The van der Waals surface area contributed by atoms with Gasteiger partial charge >= 0.3 is 0 Å². The maximum Gasteiger partial charge on any atom is 0.0576 e. The van der Waals surface area contributed by atoms with Gasteiger partial charge in [0.15, 0.2) is 0 Å². The topological polar surface area (TPSA) is 44.3 Å². The van der Waals surface area contributed by atoms with E-state index in [2.05, 4.69) is 10.6 Å². The second-order valence-electron chi connectivity index (χ2n) is 4.96. The van der Waals surface area contributed by atoms with Crippen LogP contribution in [0.15, 0.2) is 0 Å². The molecule has 0 aromatic rings. The molecule has 3 heteroatoms. The van der Waals surface area contributed by atoms with E-state index in [1.54, 1.807) is 0 Å². The smallest absolute Gasteiger partial charge is 0.0576 e. The fourth-order valence-corrected chi connectivity index (χ4v) is 2.90. The Balaban J connectivity index is 1.63. The zero-order valence-electron chi connectivity index (χ0n) is 9.54. The number of unbranched alkanes of at least 4 members (excludes halogenated alkanes) is 2. The van der Waals surface area contributed by atoms with Gasteiger partial charge in [-0.1, -0.05) is 25.7 Å². The summed E-state index contributed by atoms with van der Waals surface area (Å²) in [4.78, 5) is 0. The molecular weight excluding hydrogens is 188 g/mol. The van der Waals surface area contributed by atoms with Crippen LogP contribution < -0.4 is 10.6 Å². The van der Waals surface area contributed by atoms with Crippen LogP contribution >= 0.6 is 0 Å². The van der Waals surface area contributed by atoms with Crippen LogP contribution in [0.3, 0.4) is 0 Å². The van der Waals surface area contributed by atoms with Gasteiger partial charge in [-0.15, -0.1) is 0 Å². The third kappa shape index (κ3) is 3.16. The normalized spacial score (nSPS) is 35.4. The van der Waals surface area contributed by atoms with Crippen molar-refractivity contribution in [2.45, 2.75) is 69.6 Å². The maximum atomic E-state index is 8.70. The first-order chi connectivity index (χ1) is 7.40. The third-order valence-corrected chi connectivity index (χ3v) is 3.75. The van der Waals surface area contributed by atoms with Crippen molar-refractivity contribution in [3.8, 4) is 0 Å². The minimum atomic E-state index is 0.344. The molecule has 0 amide bonds. The molecular formula is C12H24N2O. The molecule has 0 aromatic heterocycles. The van der Waals surface area contributed by atoms with Crippen LogP contribution in [0.25, 0.3) is 0 Å². The summed E-state index contributed by atoms with van der Waals surface area (Å²) < 4.78 is 0. The van der Waals surface area contributed by atoms with E-state index in [-0.39, 0.29) is 0 Å². The molecule has 1 aliphatic carbocycles. The summed E-state index contributed by atoms with van der Waals surface area (Å²) in [6, 6.07) is 1.48. The van der Waals surface area contributed by atoms with E-state index in [0.29, 0.717) is 12.8 Å². The van der Waals surface area contributed by atoms with E-state index in [9.17, 15) is 0 Å². The fourth-order valence-electron chi connectivity index (χ4n) is 2.90. The fraction of sp³-hybridized carbons (Fsp3) is 1.00. The summed E-state index contributed by atoms with van der Waals surface area (Å²) in [5, 5.41) is 16.1. The van der Waals surface area contributed by atoms with E-state index in [4.69, 9.17) is 5.11 Å². The molecule has 0 spiro atoms. The van der Waals surface area contributed by atoms with Crippen molar-refractivity contribution < 1.29 is 5.11 Å². The van der Waals surface area contributed by atoms with Gasteiger partial charge in [0.2, 0.25) is 0 Å². The number of nitrogens with one attached hydrogen (secondary N) is 2. The SMILES string of the molecule is OCCCCCC1NC2CCCCC2N1. The van der Waals surface area contributed by atoms with Crippen LogP contribution in [-0.2, 0) is 0 Å². The second-order valence-corrected chi connectivity index (χ2v) is 4.96. The van der Waals surface area contributed by atoms with Gasteiger partial charge in [-0.25, -0.2) is 0 Å². The Hall–Kier alpha value is -0.120. The van der Waals surface area contributed by atoms with Gasteiger partial charge < -0.3 is 5.11 Å². The van der Waals surface area contributed by atoms with E-state index in [1.807, 2.05) is 0 Å². The molecule has 0 aromatic carbocycles. The number of rotatable bonds is 5. The van der Waals surface area contributed by atoms with Crippen LogP contribution in [0.5, 0.6) is 0 Å². The highest BCUT2D eigenvalue weighted by Gasteiger charge is 2.33. The van der Waals surface area contributed by atoms with Crippen LogP contribution in [-0.4, -0.2) is 30.0 Å². The zero-order valence-corrected chi connectivity index (χ0v) is 9.54. The molecule has 2 rings (SSSR count). The first-order valence-corrected chi connectivity index (χ1v) is 6.53. The van der Waals surface area contributed by atoms with Crippen LogP contribution in [0.4, 0.5) is 0 Å². The molecule has 2 aliphatic rings. The Morgan fingerprint density at radius 1 is 0.933 bits per heavy atom. The van der Waals surface area contributed by atoms with Crippen molar-refractivity contribution in [1.82, 2.24) is 10.6 Å². The molecule has 88 valence electrons. The summed E-state index contributed by atoms with van der Waals surface area (Å²) in [7, 11) is 0. The predicted molar refractivity (Wildman–Crippen MR) is 61.7 cm³/mol. The largest absolute Gasteiger partial charge is 0.396 e. The second kappa shape index (κ2) is 5.83. The first-order valence-electron chi connectivity index (χ1n) is 6.53. The zero-order chi connectivity index (χ0) is 10.5. The number of hydrogen-bond donors (Lipinski definition) is 3. The van der Waals surface area contributed by atoms with Gasteiger partial charge in [0.25, 0.3) is 0 Å². The lowest BCUT2D eigenvalue weighted by molar-refractivity contribution is 0.281. The molecule has 2 atom stereocenters.